The molecule has 0 radical (unpaired) electrons. The smallest absolute Gasteiger partial charge is 0.0982 e. The second kappa shape index (κ2) is 5.03. The van der Waals surface area contributed by atoms with Crippen LogP contribution in [0.15, 0.2) is 42.5 Å². The fourth-order valence-electron chi connectivity index (χ4n) is 2.33. The number of nitriles is 1. The molecule has 0 saturated carbocycles. The van der Waals surface area contributed by atoms with E-state index < -0.39 is 12.0 Å². The molecule has 2 heteroatoms. The lowest BCUT2D eigenvalue weighted by molar-refractivity contribution is 0.0530. The summed E-state index contributed by atoms with van der Waals surface area (Å²) < 4.78 is 0. The summed E-state index contributed by atoms with van der Waals surface area (Å²) in [7, 11) is 0. The van der Waals surface area contributed by atoms with Crippen molar-refractivity contribution >= 4 is 10.8 Å². The number of rotatable bonds is 2. The van der Waals surface area contributed by atoms with Gasteiger partial charge < -0.3 is 5.11 Å². The highest BCUT2D eigenvalue weighted by Gasteiger charge is 2.32. The summed E-state index contributed by atoms with van der Waals surface area (Å²) in [5.74, 6) is -0.508. The number of aliphatic hydroxyl groups excluding tert-OH is 1. The van der Waals surface area contributed by atoms with Crippen molar-refractivity contribution < 1.29 is 5.11 Å². The van der Waals surface area contributed by atoms with Crippen molar-refractivity contribution in [2.24, 2.45) is 5.41 Å². The number of nitrogens with zero attached hydrogens (tertiary/aromatic N) is 1. The molecule has 0 aliphatic carbocycles. The van der Waals surface area contributed by atoms with E-state index in [1.54, 1.807) is 0 Å². The van der Waals surface area contributed by atoms with Gasteiger partial charge in [-0.25, -0.2) is 0 Å². The summed E-state index contributed by atoms with van der Waals surface area (Å²) in [6.45, 7) is 5.85. The van der Waals surface area contributed by atoms with E-state index in [9.17, 15) is 10.4 Å². The highest BCUT2D eigenvalue weighted by molar-refractivity contribution is 5.86. The summed E-state index contributed by atoms with van der Waals surface area (Å²) in [5.41, 5.74) is 0.583. The molecule has 0 heterocycles. The number of hydrogen-bond donors (Lipinski definition) is 1. The summed E-state index contributed by atoms with van der Waals surface area (Å²) >= 11 is 0. The van der Waals surface area contributed by atoms with Crippen LogP contribution < -0.4 is 0 Å². The van der Waals surface area contributed by atoms with Gasteiger partial charge in [0.05, 0.1) is 18.1 Å². The van der Waals surface area contributed by atoms with Crippen LogP contribution >= 0.6 is 0 Å². The maximum atomic E-state index is 10.4. The molecule has 2 nitrogen and oxygen atoms in total. The quantitative estimate of drug-likeness (QED) is 0.883. The normalized spacial score (nSPS) is 14.9. The number of aliphatic hydroxyl groups is 1. The SMILES string of the molecule is CC(C)(C)C(O)C(C#N)c1cccc2ccccc12. The maximum Gasteiger partial charge on any atom is 0.0982 e. The molecular formula is C17H19NO. The van der Waals surface area contributed by atoms with Gasteiger partial charge in [-0.3, -0.25) is 0 Å². The van der Waals surface area contributed by atoms with Crippen LogP contribution in [0.4, 0.5) is 0 Å². The van der Waals surface area contributed by atoms with Crippen LogP contribution in [0.3, 0.4) is 0 Å². The molecule has 19 heavy (non-hydrogen) atoms. The Balaban J connectivity index is 2.57. The van der Waals surface area contributed by atoms with Gasteiger partial charge in [0.2, 0.25) is 0 Å². The van der Waals surface area contributed by atoms with Gasteiger partial charge in [0, 0.05) is 0 Å². The molecule has 0 fully saturated rings. The fourth-order valence-corrected chi connectivity index (χ4v) is 2.33. The van der Waals surface area contributed by atoms with E-state index >= 15 is 0 Å². The zero-order valence-electron chi connectivity index (χ0n) is 11.6. The van der Waals surface area contributed by atoms with Crippen molar-refractivity contribution in [3.05, 3.63) is 48.0 Å². The molecule has 1 N–H and O–H groups in total. The first-order valence-electron chi connectivity index (χ1n) is 6.50. The van der Waals surface area contributed by atoms with Crippen LogP contribution in [0.5, 0.6) is 0 Å². The fraction of sp³-hybridized carbons (Fsp3) is 0.353. The third-order valence-corrected chi connectivity index (χ3v) is 3.50. The van der Waals surface area contributed by atoms with Gasteiger partial charge in [0.25, 0.3) is 0 Å². The predicted octanol–water partition coefficient (Wildman–Crippen LogP) is 3.85. The largest absolute Gasteiger partial charge is 0.391 e. The Hall–Kier alpha value is -1.85. The third kappa shape index (κ3) is 2.62. The molecule has 2 unspecified atom stereocenters. The van der Waals surface area contributed by atoms with Crippen LogP contribution in [0, 0.1) is 16.7 Å². The Bertz CT molecular complexity index is 614. The molecule has 2 aromatic carbocycles. The van der Waals surface area contributed by atoms with Crippen LogP contribution in [0.2, 0.25) is 0 Å². The van der Waals surface area contributed by atoms with Gasteiger partial charge in [-0.2, -0.15) is 5.26 Å². The first-order chi connectivity index (χ1) is 8.95. The van der Waals surface area contributed by atoms with Gasteiger partial charge in [-0.1, -0.05) is 63.2 Å². The molecule has 0 aromatic heterocycles. The lowest BCUT2D eigenvalue weighted by Crippen LogP contribution is -2.31. The van der Waals surface area contributed by atoms with E-state index in [1.165, 1.54) is 0 Å². The molecular weight excluding hydrogens is 234 g/mol. The van der Waals surface area contributed by atoms with Crippen molar-refractivity contribution in [3.8, 4) is 6.07 Å². The van der Waals surface area contributed by atoms with E-state index in [0.29, 0.717) is 0 Å². The second-order valence-electron chi connectivity index (χ2n) is 5.99. The molecule has 0 bridgehead atoms. The van der Waals surface area contributed by atoms with Crippen LogP contribution in [-0.4, -0.2) is 11.2 Å². The molecule has 0 amide bonds. The Morgan fingerprint density at radius 3 is 2.32 bits per heavy atom. The molecule has 2 atom stereocenters. The number of fused-ring (bicyclic) bond motifs is 1. The molecule has 0 spiro atoms. The molecule has 2 aromatic rings. The van der Waals surface area contributed by atoms with Gasteiger partial charge in [-0.05, 0) is 21.8 Å². The van der Waals surface area contributed by atoms with E-state index in [0.717, 1.165) is 16.3 Å². The molecule has 2 rings (SSSR count). The van der Waals surface area contributed by atoms with Gasteiger partial charge >= 0.3 is 0 Å². The standard InChI is InChI=1S/C17H19NO/c1-17(2,3)16(19)15(11-18)14-10-6-8-12-7-4-5-9-13(12)14/h4-10,15-16,19H,1-3H3. The summed E-state index contributed by atoms with van der Waals surface area (Å²) in [5, 5.41) is 22.0. The first kappa shape index (κ1) is 13.6. The van der Waals surface area contributed by atoms with Crippen LogP contribution in [-0.2, 0) is 0 Å². The highest BCUT2D eigenvalue weighted by Crippen LogP contribution is 2.34. The highest BCUT2D eigenvalue weighted by atomic mass is 16.3. The molecule has 98 valence electrons. The summed E-state index contributed by atoms with van der Waals surface area (Å²) in [6.07, 6.45) is -0.691. The maximum absolute atomic E-state index is 10.4. The monoisotopic (exact) mass is 253 g/mol. The minimum atomic E-state index is -0.691. The lowest BCUT2D eigenvalue weighted by atomic mass is 9.78. The van der Waals surface area contributed by atoms with Crippen molar-refractivity contribution in [2.75, 3.05) is 0 Å². The Labute approximate surface area is 114 Å². The topological polar surface area (TPSA) is 44.0 Å². The van der Waals surface area contributed by atoms with Crippen molar-refractivity contribution in [1.82, 2.24) is 0 Å². The number of benzene rings is 2. The van der Waals surface area contributed by atoms with E-state index in [2.05, 4.69) is 6.07 Å². The van der Waals surface area contributed by atoms with E-state index in [-0.39, 0.29) is 5.41 Å². The van der Waals surface area contributed by atoms with Crippen LogP contribution in [0.1, 0.15) is 32.3 Å². The van der Waals surface area contributed by atoms with Crippen molar-refractivity contribution in [1.29, 1.82) is 5.26 Å². The average Bonchev–Trinajstić information content (AvgIpc) is 2.38. The van der Waals surface area contributed by atoms with Crippen molar-refractivity contribution in [2.45, 2.75) is 32.8 Å². The van der Waals surface area contributed by atoms with Crippen LogP contribution in [0.25, 0.3) is 10.8 Å². The second-order valence-corrected chi connectivity index (χ2v) is 5.99. The van der Waals surface area contributed by atoms with Gasteiger partial charge in [0.1, 0.15) is 0 Å². The Morgan fingerprint density at radius 2 is 1.68 bits per heavy atom. The lowest BCUT2D eigenvalue weighted by Gasteiger charge is -2.30. The third-order valence-electron chi connectivity index (χ3n) is 3.50. The van der Waals surface area contributed by atoms with E-state index in [1.807, 2.05) is 63.2 Å². The summed E-state index contributed by atoms with van der Waals surface area (Å²) in [4.78, 5) is 0. The first-order valence-corrected chi connectivity index (χ1v) is 6.50. The van der Waals surface area contributed by atoms with Gasteiger partial charge in [-0.15, -0.1) is 0 Å². The minimum absolute atomic E-state index is 0.322. The van der Waals surface area contributed by atoms with E-state index in [4.69, 9.17) is 0 Å². The Morgan fingerprint density at radius 1 is 1.05 bits per heavy atom. The predicted molar refractivity (Wildman–Crippen MR) is 77.8 cm³/mol. The molecule has 0 aliphatic rings. The molecule has 0 saturated heterocycles. The molecule has 0 aliphatic heterocycles. The summed E-state index contributed by atoms with van der Waals surface area (Å²) in [6, 6.07) is 16.1. The Kier molecular flexibility index (Phi) is 3.59. The van der Waals surface area contributed by atoms with Gasteiger partial charge in [0.15, 0.2) is 0 Å². The van der Waals surface area contributed by atoms with Crippen molar-refractivity contribution in [3.63, 3.8) is 0 Å². The average molecular weight is 253 g/mol. The zero-order valence-corrected chi connectivity index (χ0v) is 11.6. The minimum Gasteiger partial charge on any atom is -0.391 e. The zero-order chi connectivity index (χ0) is 14.0. The number of hydrogen-bond acceptors (Lipinski definition) is 2.